The van der Waals surface area contributed by atoms with Crippen LogP contribution in [0.3, 0.4) is 0 Å². The van der Waals surface area contributed by atoms with E-state index in [-0.39, 0.29) is 23.8 Å². The summed E-state index contributed by atoms with van der Waals surface area (Å²) in [6.07, 6.45) is 1.53. The Labute approximate surface area is 146 Å². The van der Waals surface area contributed by atoms with E-state index in [1.165, 1.54) is 11.3 Å². The van der Waals surface area contributed by atoms with Gasteiger partial charge in [-0.05, 0) is 13.0 Å². The number of nitrogens with one attached hydrogen (secondary N) is 3. The molecule has 0 aliphatic carbocycles. The first kappa shape index (κ1) is 16.8. The first-order chi connectivity index (χ1) is 12.0. The van der Waals surface area contributed by atoms with Crippen LogP contribution in [0, 0.1) is 0 Å². The third-order valence-electron chi connectivity index (χ3n) is 3.54. The van der Waals surface area contributed by atoms with E-state index in [0.717, 1.165) is 0 Å². The number of fused-ring (bicyclic) bond motifs is 1. The van der Waals surface area contributed by atoms with Gasteiger partial charge in [0.15, 0.2) is 5.13 Å². The largest absolute Gasteiger partial charge is 0.344 e. The molecule has 1 unspecified atom stereocenters. The number of nitrogens with zero attached hydrogens (tertiary/aromatic N) is 2. The van der Waals surface area contributed by atoms with Crippen molar-refractivity contribution in [2.75, 3.05) is 5.32 Å². The maximum Gasteiger partial charge on any atom is 0.272 e. The van der Waals surface area contributed by atoms with Crippen LogP contribution in [-0.4, -0.2) is 33.0 Å². The van der Waals surface area contributed by atoms with Crippen molar-refractivity contribution in [2.24, 2.45) is 0 Å². The van der Waals surface area contributed by atoms with Crippen LogP contribution >= 0.6 is 11.3 Å². The van der Waals surface area contributed by atoms with Gasteiger partial charge >= 0.3 is 0 Å². The van der Waals surface area contributed by atoms with Crippen molar-refractivity contribution in [1.82, 2.24) is 20.5 Å². The summed E-state index contributed by atoms with van der Waals surface area (Å²) < 4.78 is 0. The number of rotatable bonds is 5. The molecule has 3 N–H and O–H groups in total. The number of H-pyrrole nitrogens is 1. The van der Waals surface area contributed by atoms with Gasteiger partial charge in [-0.15, -0.1) is 11.3 Å². The number of carbonyl (C=O) groups is 2. The van der Waals surface area contributed by atoms with Gasteiger partial charge in [0.25, 0.3) is 5.56 Å². The molecule has 0 bridgehead atoms. The first-order valence-corrected chi connectivity index (χ1v) is 8.38. The summed E-state index contributed by atoms with van der Waals surface area (Å²) in [6.45, 7) is 1.58. The van der Waals surface area contributed by atoms with Crippen molar-refractivity contribution in [3.63, 3.8) is 0 Å². The molecule has 3 aromatic rings. The van der Waals surface area contributed by atoms with Gasteiger partial charge in [0.1, 0.15) is 6.04 Å². The zero-order valence-corrected chi connectivity index (χ0v) is 14.1. The van der Waals surface area contributed by atoms with Crippen LogP contribution in [0.1, 0.15) is 12.6 Å². The van der Waals surface area contributed by atoms with E-state index in [2.05, 4.69) is 25.8 Å². The highest BCUT2D eigenvalue weighted by molar-refractivity contribution is 7.13. The van der Waals surface area contributed by atoms with Crippen molar-refractivity contribution in [3.05, 3.63) is 51.9 Å². The number of thiazole rings is 1. The van der Waals surface area contributed by atoms with Gasteiger partial charge in [0.05, 0.1) is 17.5 Å². The quantitative estimate of drug-likeness (QED) is 0.631. The summed E-state index contributed by atoms with van der Waals surface area (Å²) in [5.41, 5.74) is 0.135. The second kappa shape index (κ2) is 7.22. The average Bonchev–Trinajstić information content (AvgIpc) is 3.10. The zero-order chi connectivity index (χ0) is 17.8. The number of hydrogen-bond acceptors (Lipinski definition) is 6. The van der Waals surface area contributed by atoms with E-state index >= 15 is 0 Å². The van der Waals surface area contributed by atoms with E-state index in [9.17, 15) is 14.4 Å². The van der Waals surface area contributed by atoms with Crippen molar-refractivity contribution in [2.45, 2.75) is 19.4 Å². The van der Waals surface area contributed by atoms with Gasteiger partial charge in [-0.1, -0.05) is 18.2 Å². The fourth-order valence-electron chi connectivity index (χ4n) is 2.32. The van der Waals surface area contributed by atoms with Crippen LogP contribution < -0.4 is 16.2 Å². The molecule has 25 heavy (non-hydrogen) atoms. The fourth-order valence-corrected chi connectivity index (χ4v) is 2.85. The number of carbonyl (C=O) groups excluding carboxylic acids is 2. The molecular formula is C16H15N5O3S. The molecule has 8 nitrogen and oxygen atoms in total. The van der Waals surface area contributed by atoms with Crippen molar-refractivity contribution in [3.8, 4) is 0 Å². The molecule has 2 heterocycles. The molecule has 2 amide bonds. The third kappa shape index (κ3) is 3.89. The van der Waals surface area contributed by atoms with Gasteiger partial charge < -0.3 is 10.6 Å². The van der Waals surface area contributed by atoms with Gasteiger partial charge in [0.2, 0.25) is 11.8 Å². The zero-order valence-electron chi connectivity index (χ0n) is 13.3. The van der Waals surface area contributed by atoms with Crippen LogP contribution in [0.5, 0.6) is 0 Å². The van der Waals surface area contributed by atoms with E-state index in [0.29, 0.717) is 21.6 Å². The summed E-state index contributed by atoms with van der Waals surface area (Å²) in [7, 11) is 0. The maximum atomic E-state index is 12.2. The predicted molar refractivity (Wildman–Crippen MR) is 94.4 cm³/mol. The van der Waals surface area contributed by atoms with Crippen LogP contribution in [0.25, 0.3) is 10.8 Å². The predicted octanol–water partition coefficient (Wildman–Crippen LogP) is 1.07. The molecule has 128 valence electrons. The summed E-state index contributed by atoms with van der Waals surface area (Å²) in [5.74, 6) is -0.728. The van der Waals surface area contributed by atoms with Crippen LogP contribution in [0.15, 0.2) is 40.6 Å². The van der Waals surface area contributed by atoms with Gasteiger partial charge in [-0.3, -0.25) is 14.4 Å². The molecule has 0 aliphatic heterocycles. The summed E-state index contributed by atoms with van der Waals surface area (Å²) in [5, 5.41) is 14.9. The molecular weight excluding hydrogens is 342 g/mol. The van der Waals surface area contributed by atoms with Crippen molar-refractivity contribution in [1.29, 1.82) is 0 Å². The van der Waals surface area contributed by atoms with Crippen LogP contribution in [0.4, 0.5) is 5.13 Å². The Morgan fingerprint density at radius 1 is 1.28 bits per heavy atom. The second-order valence-electron chi connectivity index (χ2n) is 5.34. The molecule has 9 heteroatoms. The van der Waals surface area contributed by atoms with E-state index in [4.69, 9.17) is 0 Å². The molecule has 0 fully saturated rings. The molecule has 3 rings (SSSR count). The minimum atomic E-state index is -0.731. The van der Waals surface area contributed by atoms with E-state index in [1.807, 2.05) is 0 Å². The number of aromatic amines is 1. The Bertz CT molecular complexity index is 967. The highest BCUT2D eigenvalue weighted by Gasteiger charge is 2.18. The number of benzene rings is 1. The number of amides is 2. The Hall–Kier alpha value is -3.07. The van der Waals surface area contributed by atoms with Crippen LogP contribution in [-0.2, 0) is 16.0 Å². The SMILES string of the molecule is CC(NC(=O)Cc1n[nH]c(=O)c2ccccc12)C(=O)Nc1nccs1. The molecule has 1 atom stereocenters. The topological polar surface area (TPSA) is 117 Å². The normalized spacial score (nSPS) is 11.9. The summed E-state index contributed by atoms with van der Waals surface area (Å²) >= 11 is 1.29. The second-order valence-corrected chi connectivity index (χ2v) is 6.23. The molecule has 0 spiro atoms. The first-order valence-electron chi connectivity index (χ1n) is 7.50. The lowest BCUT2D eigenvalue weighted by Crippen LogP contribution is -2.42. The van der Waals surface area contributed by atoms with Crippen molar-refractivity contribution >= 4 is 39.1 Å². The third-order valence-corrected chi connectivity index (χ3v) is 4.22. The summed E-state index contributed by atoms with van der Waals surface area (Å²) in [4.78, 5) is 40.0. The lowest BCUT2D eigenvalue weighted by Gasteiger charge is -2.13. The van der Waals surface area contributed by atoms with Gasteiger partial charge in [0, 0.05) is 17.0 Å². The highest BCUT2D eigenvalue weighted by atomic mass is 32.1. The Balaban J connectivity index is 1.67. The molecule has 1 aromatic carbocycles. The monoisotopic (exact) mass is 357 g/mol. The number of anilines is 1. The highest BCUT2D eigenvalue weighted by Crippen LogP contribution is 2.13. The minimum absolute atomic E-state index is 0.0494. The van der Waals surface area contributed by atoms with Gasteiger partial charge in [-0.2, -0.15) is 5.10 Å². The van der Waals surface area contributed by atoms with E-state index in [1.54, 1.807) is 42.8 Å². The number of aromatic nitrogens is 3. The standard InChI is InChI=1S/C16H15N5O3S/c1-9(14(23)19-16-17-6-7-25-16)18-13(22)8-12-10-4-2-3-5-11(10)15(24)21-20-12/h2-7,9H,8H2,1H3,(H,18,22)(H,21,24)(H,17,19,23). The lowest BCUT2D eigenvalue weighted by atomic mass is 10.1. The Morgan fingerprint density at radius 2 is 2.04 bits per heavy atom. The summed E-state index contributed by atoms with van der Waals surface area (Å²) in [6, 6.07) is 6.19. The molecule has 2 aromatic heterocycles. The fraction of sp³-hybridized carbons (Fsp3) is 0.188. The van der Waals surface area contributed by atoms with E-state index < -0.39 is 6.04 Å². The lowest BCUT2D eigenvalue weighted by molar-refractivity contribution is -0.125. The minimum Gasteiger partial charge on any atom is -0.344 e. The van der Waals surface area contributed by atoms with Crippen molar-refractivity contribution < 1.29 is 9.59 Å². The number of hydrogen-bond donors (Lipinski definition) is 3. The Kier molecular flexibility index (Phi) is 4.85. The maximum absolute atomic E-state index is 12.2. The van der Waals surface area contributed by atoms with Gasteiger partial charge in [-0.25, -0.2) is 10.1 Å². The smallest absolute Gasteiger partial charge is 0.272 e. The Morgan fingerprint density at radius 3 is 2.76 bits per heavy atom. The molecule has 0 saturated carbocycles. The van der Waals surface area contributed by atoms with Crippen LogP contribution in [0.2, 0.25) is 0 Å². The molecule has 0 radical (unpaired) electrons. The molecule has 0 aliphatic rings. The average molecular weight is 357 g/mol. The molecule has 0 saturated heterocycles.